The van der Waals surface area contributed by atoms with Gasteiger partial charge >= 0.3 is 5.69 Å². The minimum absolute atomic E-state index is 0.00255. The summed E-state index contributed by atoms with van der Waals surface area (Å²) in [4.78, 5) is 25.6. The fourth-order valence-corrected chi connectivity index (χ4v) is 3.65. The van der Waals surface area contributed by atoms with Crippen LogP contribution in [0, 0.1) is 10.1 Å². The van der Waals surface area contributed by atoms with Gasteiger partial charge in [-0.2, -0.15) is 5.10 Å². The number of benzene rings is 1. The smallest absolute Gasteiger partial charge is 0.306 e. The standard InChI is InChI=1S/C15H16N4O3S/c1-11-9-18(13-4-2-3-5-14(13)23-11)15(20)6-7-17-10-12(8-16-17)19(21)22/h2-5,8,10-11H,6-7,9H2,1H3/t11-/m1/s1. The number of para-hydroxylation sites is 1. The largest absolute Gasteiger partial charge is 0.310 e. The second-order valence-corrected chi connectivity index (χ2v) is 6.85. The van der Waals surface area contributed by atoms with Crippen molar-refractivity contribution in [2.75, 3.05) is 11.4 Å². The summed E-state index contributed by atoms with van der Waals surface area (Å²) in [7, 11) is 0. The number of amides is 1. The molecule has 0 saturated carbocycles. The predicted octanol–water partition coefficient (Wildman–Crippen LogP) is 2.71. The number of thioether (sulfide) groups is 1. The second-order valence-electron chi connectivity index (χ2n) is 5.37. The quantitative estimate of drug-likeness (QED) is 0.635. The SMILES string of the molecule is C[C@@H]1CN(C(=O)CCn2cc([N+](=O)[O-])cn2)c2ccccc2S1. The molecule has 0 aliphatic carbocycles. The Bertz CT molecular complexity index is 746. The molecule has 2 heterocycles. The summed E-state index contributed by atoms with van der Waals surface area (Å²) in [5, 5.41) is 14.9. The first-order chi connectivity index (χ1) is 11.0. The van der Waals surface area contributed by atoms with Crippen LogP contribution in [0.4, 0.5) is 11.4 Å². The number of hydrogen-bond donors (Lipinski definition) is 0. The van der Waals surface area contributed by atoms with Crippen molar-refractivity contribution in [2.45, 2.75) is 30.0 Å². The maximum atomic E-state index is 12.6. The van der Waals surface area contributed by atoms with Gasteiger partial charge in [-0.05, 0) is 12.1 Å². The van der Waals surface area contributed by atoms with Crippen molar-refractivity contribution in [3.05, 3.63) is 46.8 Å². The van der Waals surface area contributed by atoms with E-state index in [-0.39, 0.29) is 18.0 Å². The highest BCUT2D eigenvalue weighted by atomic mass is 32.2. The summed E-state index contributed by atoms with van der Waals surface area (Å²) in [5.41, 5.74) is 0.873. The van der Waals surface area contributed by atoms with Crippen molar-refractivity contribution in [3.8, 4) is 0 Å². The number of nitrogens with zero attached hydrogens (tertiary/aromatic N) is 4. The lowest BCUT2D eigenvalue weighted by molar-refractivity contribution is -0.385. The Balaban J connectivity index is 1.69. The van der Waals surface area contributed by atoms with Crippen LogP contribution < -0.4 is 4.90 Å². The molecule has 1 amide bonds. The topological polar surface area (TPSA) is 81.3 Å². The van der Waals surface area contributed by atoms with Gasteiger partial charge in [0, 0.05) is 29.7 Å². The monoisotopic (exact) mass is 332 g/mol. The van der Waals surface area contributed by atoms with E-state index in [1.54, 1.807) is 16.7 Å². The molecule has 120 valence electrons. The molecule has 1 aliphatic heterocycles. The Morgan fingerprint density at radius 2 is 2.26 bits per heavy atom. The summed E-state index contributed by atoms with van der Waals surface area (Å²) in [6.07, 6.45) is 2.79. The van der Waals surface area contributed by atoms with Gasteiger partial charge in [0.15, 0.2) is 0 Å². The third kappa shape index (κ3) is 3.37. The molecule has 7 nitrogen and oxygen atoms in total. The van der Waals surface area contributed by atoms with Crippen LogP contribution in [0.15, 0.2) is 41.6 Å². The molecule has 0 fully saturated rings. The first kappa shape index (κ1) is 15.5. The Morgan fingerprint density at radius 1 is 1.48 bits per heavy atom. The van der Waals surface area contributed by atoms with E-state index in [4.69, 9.17) is 0 Å². The van der Waals surface area contributed by atoms with E-state index in [1.807, 2.05) is 24.3 Å². The molecule has 0 unspecified atom stereocenters. The highest BCUT2D eigenvalue weighted by Gasteiger charge is 2.26. The number of carbonyl (C=O) groups is 1. The lowest BCUT2D eigenvalue weighted by Gasteiger charge is -2.32. The van der Waals surface area contributed by atoms with Crippen LogP contribution in [-0.4, -0.2) is 32.4 Å². The highest BCUT2D eigenvalue weighted by Crippen LogP contribution is 2.38. The molecule has 1 atom stereocenters. The van der Waals surface area contributed by atoms with Gasteiger partial charge in [0.1, 0.15) is 12.4 Å². The maximum absolute atomic E-state index is 12.6. The van der Waals surface area contributed by atoms with Gasteiger partial charge in [-0.15, -0.1) is 11.8 Å². The molecular weight excluding hydrogens is 316 g/mol. The van der Waals surface area contributed by atoms with Gasteiger partial charge in [-0.1, -0.05) is 19.1 Å². The Kier molecular flexibility index (Phi) is 4.33. The van der Waals surface area contributed by atoms with Crippen molar-refractivity contribution in [3.63, 3.8) is 0 Å². The van der Waals surface area contributed by atoms with Gasteiger partial charge in [-0.3, -0.25) is 19.6 Å². The van der Waals surface area contributed by atoms with Crippen LogP contribution >= 0.6 is 11.8 Å². The van der Waals surface area contributed by atoms with E-state index < -0.39 is 4.92 Å². The van der Waals surface area contributed by atoms with Gasteiger partial charge in [0.2, 0.25) is 5.91 Å². The van der Waals surface area contributed by atoms with Crippen molar-refractivity contribution in [1.82, 2.24) is 9.78 Å². The molecule has 0 spiro atoms. The second kappa shape index (κ2) is 6.41. The van der Waals surface area contributed by atoms with Crippen LogP contribution in [-0.2, 0) is 11.3 Å². The summed E-state index contributed by atoms with van der Waals surface area (Å²) in [5.74, 6) is 0.00255. The summed E-state index contributed by atoms with van der Waals surface area (Å²) in [6.45, 7) is 3.09. The van der Waals surface area contributed by atoms with Crippen LogP contribution in [0.5, 0.6) is 0 Å². The molecular formula is C15H16N4O3S. The lowest BCUT2D eigenvalue weighted by Crippen LogP contribution is -2.38. The van der Waals surface area contributed by atoms with Gasteiger partial charge in [0.05, 0.1) is 10.6 Å². The van der Waals surface area contributed by atoms with Gasteiger partial charge in [0.25, 0.3) is 0 Å². The van der Waals surface area contributed by atoms with E-state index in [0.29, 0.717) is 18.3 Å². The van der Waals surface area contributed by atoms with Crippen LogP contribution in [0.1, 0.15) is 13.3 Å². The van der Waals surface area contributed by atoms with Crippen LogP contribution in [0.25, 0.3) is 0 Å². The number of fused-ring (bicyclic) bond motifs is 1. The molecule has 8 heteroatoms. The molecule has 1 aliphatic rings. The Hall–Kier alpha value is -2.35. The summed E-state index contributed by atoms with van der Waals surface area (Å²) < 4.78 is 1.43. The Labute approximate surface area is 137 Å². The summed E-state index contributed by atoms with van der Waals surface area (Å²) >= 11 is 1.77. The normalized spacial score (nSPS) is 16.9. The third-order valence-corrected chi connectivity index (χ3v) is 4.76. The number of hydrogen-bond acceptors (Lipinski definition) is 5. The van der Waals surface area contributed by atoms with Crippen molar-refractivity contribution in [2.24, 2.45) is 0 Å². The van der Waals surface area contributed by atoms with Gasteiger partial charge in [-0.25, -0.2) is 0 Å². The zero-order valence-corrected chi connectivity index (χ0v) is 13.4. The number of aromatic nitrogens is 2. The average molecular weight is 332 g/mol. The van der Waals surface area contributed by atoms with Crippen LogP contribution in [0.3, 0.4) is 0 Å². The maximum Gasteiger partial charge on any atom is 0.306 e. The van der Waals surface area contributed by atoms with Crippen molar-refractivity contribution >= 4 is 29.0 Å². The summed E-state index contributed by atoms with van der Waals surface area (Å²) in [6, 6.07) is 7.86. The first-order valence-electron chi connectivity index (χ1n) is 7.27. The van der Waals surface area contributed by atoms with E-state index in [2.05, 4.69) is 12.0 Å². The van der Waals surface area contributed by atoms with Crippen LogP contribution in [0.2, 0.25) is 0 Å². The minimum Gasteiger partial charge on any atom is -0.310 e. The molecule has 0 N–H and O–H groups in total. The third-order valence-electron chi connectivity index (χ3n) is 3.61. The zero-order chi connectivity index (χ0) is 16.4. The predicted molar refractivity (Wildman–Crippen MR) is 87.6 cm³/mol. The average Bonchev–Trinajstić information content (AvgIpc) is 3.01. The number of nitro groups is 1. The van der Waals surface area contributed by atoms with E-state index in [1.165, 1.54) is 17.1 Å². The van der Waals surface area contributed by atoms with Crippen molar-refractivity contribution in [1.29, 1.82) is 0 Å². The molecule has 1 aromatic heterocycles. The fourth-order valence-electron chi connectivity index (χ4n) is 2.54. The molecule has 0 radical (unpaired) electrons. The minimum atomic E-state index is -0.495. The fraction of sp³-hybridized carbons (Fsp3) is 0.333. The molecule has 3 rings (SSSR count). The molecule has 0 saturated heterocycles. The molecule has 1 aromatic carbocycles. The Morgan fingerprint density at radius 3 is 3.00 bits per heavy atom. The van der Waals surface area contributed by atoms with Crippen molar-refractivity contribution < 1.29 is 9.72 Å². The van der Waals surface area contributed by atoms with E-state index in [9.17, 15) is 14.9 Å². The number of anilines is 1. The number of aryl methyl sites for hydroxylation is 1. The van der Waals surface area contributed by atoms with E-state index in [0.717, 1.165) is 10.6 Å². The number of carbonyl (C=O) groups excluding carboxylic acids is 1. The first-order valence-corrected chi connectivity index (χ1v) is 8.15. The molecule has 23 heavy (non-hydrogen) atoms. The molecule has 0 bridgehead atoms. The van der Waals surface area contributed by atoms with Gasteiger partial charge < -0.3 is 4.90 Å². The van der Waals surface area contributed by atoms with E-state index >= 15 is 0 Å². The highest BCUT2D eigenvalue weighted by molar-refractivity contribution is 8.00. The zero-order valence-electron chi connectivity index (χ0n) is 12.6. The molecule has 2 aromatic rings. The number of rotatable bonds is 4. The lowest BCUT2D eigenvalue weighted by atomic mass is 10.2.